The monoisotopic (exact) mass is 287 g/mol. The summed E-state index contributed by atoms with van der Waals surface area (Å²) in [7, 11) is 0. The molecule has 0 saturated heterocycles. The topological polar surface area (TPSA) is 66.3 Å². The van der Waals surface area contributed by atoms with Gasteiger partial charge in [-0.25, -0.2) is 14.8 Å². The van der Waals surface area contributed by atoms with Crippen molar-refractivity contribution in [2.45, 2.75) is 25.1 Å². The fraction of sp³-hybridized carbons (Fsp3) is 0.417. The number of aromatic nitrogens is 2. The van der Waals surface area contributed by atoms with Crippen molar-refractivity contribution in [2.24, 2.45) is 0 Å². The first-order chi connectivity index (χ1) is 9.35. The lowest BCUT2D eigenvalue weighted by Gasteiger charge is -2.23. The van der Waals surface area contributed by atoms with Gasteiger partial charge in [0, 0.05) is 30.1 Å². The number of carboxylic acid groups (broad SMARTS) is 1. The molecule has 1 heterocycles. The predicted octanol–water partition coefficient (Wildman–Crippen LogP) is 2.11. The Labute approximate surface area is 112 Å². The molecule has 2 rings (SSSR count). The van der Waals surface area contributed by atoms with Gasteiger partial charge in [-0.2, -0.15) is 13.2 Å². The Balaban J connectivity index is 2.12. The SMILES string of the molecule is O=C(O)/C=C/c1cnc(N(CC(F)(F)F)C2CC2)nc1. The summed E-state index contributed by atoms with van der Waals surface area (Å²) in [5.74, 6) is -1.11. The highest BCUT2D eigenvalue weighted by atomic mass is 19.4. The van der Waals surface area contributed by atoms with Crippen LogP contribution in [0, 0.1) is 0 Å². The average Bonchev–Trinajstić information content (AvgIpc) is 3.17. The number of carbonyl (C=O) groups is 1. The van der Waals surface area contributed by atoms with Crippen LogP contribution in [0.2, 0.25) is 0 Å². The third-order valence-corrected chi connectivity index (χ3v) is 2.67. The third kappa shape index (κ3) is 4.22. The van der Waals surface area contributed by atoms with Crippen LogP contribution in [0.5, 0.6) is 0 Å². The van der Waals surface area contributed by atoms with E-state index in [0.717, 1.165) is 11.0 Å². The number of anilines is 1. The van der Waals surface area contributed by atoms with E-state index in [1.54, 1.807) is 0 Å². The van der Waals surface area contributed by atoms with Crippen molar-refractivity contribution < 1.29 is 23.1 Å². The summed E-state index contributed by atoms with van der Waals surface area (Å²) in [4.78, 5) is 19.2. The van der Waals surface area contributed by atoms with E-state index in [4.69, 9.17) is 5.11 Å². The van der Waals surface area contributed by atoms with E-state index in [1.807, 2.05) is 0 Å². The zero-order valence-corrected chi connectivity index (χ0v) is 10.3. The number of halogens is 3. The van der Waals surface area contributed by atoms with Crippen molar-refractivity contribution in [3.05, 3.63) is 24.0 Å². The molecular weight excluding hydrogens is 275 g/mol. The molecule has 0 radical (unpaired) electrons. The maximum atomic E-state index is 12.5. The first kappa shape index (κ1) is 14.3. The van der Waals surface area contributed by atoms with E-state index in [9.17, 15) is 18.0 Å². The molecule has 1 aromatic heterocycles. The van der Waals surface area contributed by atoms with Crippen LogP contribution in [0.3, 0.4) is 0 Å². The first-order valence-corrected chi connectivity index (χ1v) is 5.91. The van der Waals surface area contributed by atoms with Crippen LogP contribution in [0.1, 0.15) is 18.4 Å². The quantitative estimate of drug-likeness (QED) is 0.840. The number of hydrogen-bond acceptors (Lipinski definition) is 4. The molecule has 0 atom stereocenters. The van der Waals surface area contributed by atoms with E-state index < -0.39 is 18.7 Å². The van der Waals surface area contributed by atoms with Crippen LogP contribution < -0.4 is 4.90 Å². The fourth-order valence-corrected chi connectivity index (χ4v) is 1.68. The third-order valence-electron chi connectivity index (χ3n) is 2.67. The van der Waals surface area contributed by atoms with E-state index in [1.165, 1.54) is 18.5 Å². The summed E-state index contributed by atoms with van der Waals surface area (Å²) >= 11 is 0. The standard InChI is InChI=1S/C12H12F3N3O2/c13-12(14,15)7-18(9-2-3-9)11-16-5-8(6-17-11)1-4-10(19)20/h1,4-6,9H,2-3,7H2,(H,19,20)/b4-1+. The Kier molecular flexibility index (Phi) is 3.91. The van der Waals surface area contributed by atoms with Crippen LogP contribution >= 0.6 is 0 Å². The number of nitrogens with zero attached hydrogens (tertiary/aromatic N) is 3. The maximum Gasteiger partial charge on any atom is 0.406 e. The van der Waals surface area contributed by atoms with Gasteiger partial charge in [-0.15, -0.1) is 0 Å². The Morgan fingerprint density at radius 1 is 1.40 bits per heavy atom. The summed E-state index contributed by atoms with van der Waals surface area (Å²) < 4.78 is 37.5. The molecule has 1 saturated carbocycles. The van der Waals surface area contributed by atoms with Gasteiger partial charge in [0.05, 0.1) is 0 Å². The van der Waals surface area contributed by atoms with Crippen molar-refractivity contribution in [1.29, 1.82) is 0 Å². The normalized spacial score (nSPS) is 15.6. The Bertz CT molecular complexity index is 510. The maximum absolute atomic E-state index is 12.5. The van der Waals surface area contributed by atoms with Crippen molar-refractivity contribution in [2.75, 3.05) is 11.4 Å². The summed E-state index contributed by atoms with van der Waals surface area (Å²) in [6.07, 6.45) is 1.86. The van der Waals surface area contributed by atoms with Gasteiger partial charge in [0.15, 0.2) is 0 Å². The summed E-state index contributed by atoms with van der Waals surface area (Å²) in [5.41, 5.74) is 0.416. The van der Waals surface area contributed by atoms with Crippen LogP contribution in [-0.2, 0) is 4.79 Å². The number of carboxylic acids is 1. The van der Waals surface area contributed by atoms with Crippen molar-refractivity contribution >= 4 is 18.0 Å². The molecule has 5 nitrogen and oxygen atoms in total. The van der Waals surface area contributed by atoms with E-state index in [-0.39, 0.29) is 12.0 Å². The lowest BCUT2D eigenvalue weighted by molar-refractivity contribution is -0.131. The van der Waals surface area contributed by atoms with E-state index >= 15 is 0 Å². The smallest absolute Gasteiger partial charge is 0.406 e. The second kappa shape index (κ2) is 5.48. The van der Waals surface area contributed by atoms with Gasteiger partial charge in [0.2, 0.25) is 5.95 Å². The van der Waals surface area contributed by atoms with Crippen molar-refractivity contribution in [3.8, 4) is 0 Å². The fourth-order valence-electron chi connectivity index (χ4n) is 1.68. The zero-order chi connectivity index (χ0) is 14.8. The number of rotatable bonds is 5. The van der Waals surface area contributed by atoms with Gasteiger partial charge < -0.3 is 10.0 Å². The summed E-state index contributed by atoms with van der Waals surface area (Å²) in [6, 6.07) is -0.169. The summed E-state index contributed by atoms with van der Waals surface area (Å²) in [5, 5.41) is 8.47. The minimum Gasteiger partial charge on any atom is -0.478 e. The Hall–Kier alpha value is -2.12. The van der Waals surface area contributed by atoms with Crippen molar-refractivity contribution in [3.63, 3.8) is 0 Å². The van der Waals surface area contributed by atoms with E-state index in [0.29, 0.717) is 18.4 Å². The molecule has 1 fully saturated rings. The van der Waals surface area contributed by atoms with Gasteiger partial charge in [0.1, 0.15) is 6.54 Å². The van der Waals surface area contributed by atoms with Crippen molar-refractivity contribution in [1.82, 2.24) is 9.97 Å². The molecule has 0 amide bonds. The summed E-state index contributed by atoms with van der Waals surface area (Å²) in [6.45, 7) is -1.08. The highest BCUT2D eigenvalue weighted by Gasteiger charge is 2.39. The predicted molar refractivity (Wildman–Crippen MR) is 65.1 cm³/mol. The molecule has 0 bridgehead atoms. The van der Waals surface area contributed by atoms with Crippen LogP contribution in [0.4, 0.5) is 19.1 Å². The lowest BCUT2D eigenvalue weighted by atomic mass is 10.3. The Morgan fingerprint density at radius 2 is 2.00 bits per heavy atom. The van der Waals surface area contributed by atoms with Gasteiger partial charge in [0.25, 0.3) is 0 Å². The minimum absolute atomic E-state index is 0.0114. The molecule has 1 aromatic rings. The molecule has 1 aliphatic rings. The number of alkyl halides is 3. The highest BCUT2D eigenvalue weighted by molar-refractivity contribution is 5.85. The van der Waals surface area contributed by atoms with Crippen LogP contribution in [0.15, 0.2) is 18.5 Å². The molecule has 20 heavy (non-hydrogen) atoms. The molecular formula is C12H12F3N3O2. The minimum atomic E-state index is -4.31. The van der Waals surface area contributed by atoms with Crippen LogP contribution in [-0.4, -0.2) is 39.8 Å². The van der Waals surface area contributed by atoms with Gasteiger partial charge in [-0.3, -0.25) is 0 Å². The molecule has 108 valence electrons. The average molecular weight is 287 g/mol. The zero-order valence-electron chi connectivity index (χ0n) is 10.3. The number of hydrogen-bond donors (Lipinski definition) is 1. The molecule has 0 unspecified atom stereocenters. The number of aliphatic carboxylic acids is 1. The molecule has 1 aliphatic carbocycles. The lowest BCUT2D eigenvalue weighted by Crippen LogP contribution is -2.37. The van der Waals surface area contributed by atoms with Gasteiger partial charge in [-0.05, 0) is 18.9 Å². The Morgan fingerprint density at radius 3 is 2.45 bits per heavy atom. The second-order valence-electron chi connectivity index (χ2n) is 4.46. The van der Waals surface area contributed by atoms with Gasteiger partial charge >= 0.3 is 12.1 Å². The van der Waals surface area contributed by atoms with Gasteiger partial charge in [-0.1, -0.05) is 0 Å². The molecule has 0 aromatic carbocycles. The second-order valence-corrected chi connectivity index (χ2v) is 4.46. The largest absolute Gasteiger partial charge is 0.478 e. The first-order valence-electron chi connectivity index (χ1n) is 5.91. The molecule has 0 aliphatic heterocycles. The molecule has 8 heteroatoms. The molecule has 1 N–H and O–H groups in total. The van der Waals surface area contributed by atoms with E-state index in [2.05, 4.69) is 9.97 Å². The molecule has 0 spiro atoms. The highest BCUT2D eigenvalue weighted by Crippen LogP contribution is 2.32. The van der Waals surface area contributed by atoms with Crippen LogP contribution in [0.25, 0.3) is 6.08 Å².